The van der Waals surface area contributed by atoms with Crippen LogP contribution in [-0.4, -0.2) is 30.7 Å². The molecule has 0 bridgehead atoms. The molecular formula is C19H21IN2O5. The van der Waals surface area contributed by atoms with Gasteiger partial charge >= 0.3 is 0 Å². The number of amides is 1. The van der Waals surface area contributed by atoms with Gasteiger partial charge in [-0.15, -0.1) is 0 Å². The number of hydrogen-bond acceptors (Lipinski definition) is 5. The molecule has 27 heavy (non-hydrogen) atoms. The summed E-state index contributed by atoms with van der Waals surface area (Å²) in [7, 11) is 0. The summed E-state index contributed by atoms with van der Waals surface area (Å²) in [5.41, 5.74) is 2.12. The van der Waals surface area contributed by atoms with E-state index in [9.17, 15) is 14.9 Å². The van der Waals surface area contributed by atoms with E-state index >= 15 is 0 Å². The van der Waals surface area contributed by atoms with E-state index in [1.807, 2.05) is 53.8 Å². The number of hydrogen-bond donors (Lipinski definition) is 1. The molecule has 0 aromatic heterocycles. The number of carbonyl (C=O) groups is 1. The van der Waals surface area contributed by atoms with E-state index < -0.39 is 4.92 Å². The zero-order chi connectivity index (χ0) is 19.6. The number of nitrogens with one attached hydrogen (secondary N) is 1. The van der Waals surface area contributed by atoms with Gasteiger partial charge in [0.2, 0.25) is 0 Å². The van der Waals surface area contributed by atoms with Crippen LogP contribution in [-0.2, 0) is 22.6 Å². The Morgan fingerprint density at radius 3 is 2.63 bits per heavy atom. The number of ether oxygens (including phenoxy) is 2. The highest BCUT2D eigenvalue weighted by molar-refractivity contribution is 14.1. The van der Waals surface area contributed by atoms with Gasteiger partial charge in [0.25, 0.3) is 11.6 Å². The Morgan fingerprint density at radius 2 is 1.89 bits per heavy atom. The Kier molecular flexibility index (Phi) is 8.62. The van der Waals surface area contributed by atoms with Crippen molar-refractivity contribution in [1.29, 1.82) is 0 Å². The molecule has 0 heterocycles. The molecule has 8 heteroatoms. The monoisotopic (exact) mass is 484 g/mol. The van der Waals surface area contributed by atoms with Crippen molar-refractivity contribution in [2.75, 3.05) is 19.8 Å². The standard InChI is InChI=1S/C19H21IN2O5/c1-2-26-8-9-27-13-15-5-3-4-14(10-15)12-21-19(23)17-11-16(22(24)25)6-7-18(17)20/h3-7,10-11H,2,8-9,12-13H2,1H3,(H,21,23). The first-order valence-corrected chi connectivity index (χ1v) is 9.54. The van der Waals surface area contributed by atoms with Gasteiger partial charge < -0.3 is 14.8 Å². The number of rotatable bonds is 10. The topological polar surface area (TPSA) is 90.7 Å². The van der Waals surface area contributed by atoms with E-state index in [-0.39, 0.29) is 11.6 Å². The minimum atomic E-state index is -0.512. The highest BCUT2D eigenvalue weighted by atomic mass is 127. The SMILES string of the molecule is CCOCCOCc1cccc(CNC(=O)c2cc([N+](=O)[O-])ccc2I)c1. The van der Waals surface area contributed by atoms with E-state index in [1.54, 1.807) is 6.07 Å². The van der Waals surface area contributed by atoms with Crippen LogP contribution in [0.2, 0.25) is 0 Å². The molecule has 0 fully saturated rings. The quantitative estimate of drug-likeness (QED) is 0.241. The second-order valence-electron chi connectivity index (χ2n) is 5.67. The average molecular weight is 484 g/mol. The Bertz CT molecular complexity index is 797. The van der Waals surface area contributed by atoms with E-state index in [0.717, 1.165) is 11.1 Å². The van der Waals surface area contributed by atoms with Crippen molar-refractivity contribution in [1.82, 2.24) is 5.32 Å². The molecule has 2 aromatic carbocycles. The number of nitrogens with zero attached hydrogens (tertiary/aromatic N) is 1. The van der Waals surface area contributed by atoms with Crippen molar-refractivity contribution in [3.8, 4) is 0 Å². The molecule has 0 saturated heterocycles. The molecule has 1 amide bonds. The predicted molar refractivity (Wildman–Crippen MR) is 110 cm³/mol. The van der Waals surface area contributed by atoms with Gasteiger partial charge in [0.1, 0.15) is 0 Å². The lowest BCUT2D eigenvalue weighted by molar-refractivity contribution is -0.384. The first-order valence-electron chi connectivity index (χ1n) is 8.46. The maximum Gasteiger partial charge on any atom is 0.270 e. The summed E-state index contributed by atoms with van der Waals surface area (Å²) in [4.78, 5) is 22.8. The third kappa shape index (κ3) is 6.89. The largest absolute Gasteiger partial charge is 0.379 e. The predicted octanol–water partition coefficient (Wildman–Crippen LogP) is 3.68. The van der Waals surface area contributed by atoms with E-state index in [0.29, 0.717) is 42.1 Å². The maximum absolute atomic E-state index is 12.4. The van der Waals surface area contributed by atoms with Crippen LogP contribution in [0.5, 0.6) is 0 Å². The fraction of sp³-hybridized carbons (Fsp3) is 0.316. The molecule has 7 nitrogen and oxygen atoms in total. The highest BCUT2D eigenvalue weighted by Gasteiger charge is 2.15. The van der Waals surface area contributed by atoms with E-state index in [4.69, 9.17) is 9.47 Å². The number of halogens is 1. The minimum absolute atomic E-state index is 0.105. The fourth-order valence-electron chi connectivity index (χ4n) is 2.36. The molecule has 0 aliphatic heterocycles. The molecule has 0 aliphatic rings. The fourth-order valence-corrected chi connectivity index (χ4v) is 2.94. The summed E-state index contributed by atoms with van der Waals surface area (Å²) in [6, 6.07) is 12.0. The van der Waals surface area contributed by atoms with Gasteiger partial charge in [-0.05, 0) is 46.7 Å². The summed E-state index contributed by atoms with van der Waals surface area (Å²) >= 11 is 1.99. The lowest BCUT2D eigenvalue weighted by Gasteiger charge is -2.09. The second-order valence-corrected chi connectivity index (χ2v) is 6.84. The minimum Gasteiger partial charge on any atom is -0.379 e. The van der Waals surface area contributed by atoms with Crippen LogP contribution in [0.4, 0.5) is 5.69 Å². The normalized spacial score (nSPS) is 10.6. The first-order chi connectivity index (χ1) is 13.0. The van der Waals surface area contributed by atoms with Gasteiger partial charge in [0.15, 0.2) is 0 Å². The van der Waals surface area contributed by atoms with Gasteiger partial charge in [0, 0.05) is 28.9 Å². The first kappa shape index (κ1) is 21.3. The summed E-state index contributed by atoms with van der Waals surface area (Å²) < 4.78 is 11.4. The molecule has 0 aliphatic carbocycles. The van der Waals surface area contributed by atoms with Crippen LogP contribution in [0.1, 0.15) is 28.4 Å². The molecular weight excluding hydrogens is 463 g/mol. The van der Waals surface area contributed by atoms with Crippen molar-refractivity contribution in [2.45, 2.75) is 20.1 Å². The second kappa shape index (κ2) is 11.0. The maximum atomic E-state index is 12.4. The summed E-state index contributed by atoms with van der Waals surface area (Å²) in [6.45, 7) is 4.49. The molecule has 0 spiro atoms. The highest BCUT2D eigenvalue weighted by Crippen LogP contribution is 2.19. The Labute approximate surface area is 171 Å². The number of nitro groups is 1. The number of benzene rings is 2. The van der Waals surface area contributed by atoms with Crippen LogP contribution in [0.25, 0.3) is 0 Å². The Balaban J connectivity index is 1.92. The Morgan fingerprint density at radius 1 is 1.15 bits per heavy atom. The molecule has 1 N–H and O–H groups in total. The summed E-state index contributed by atoms with van der Waals surface area (Å²) in [5, 5.41) is 13.7. The van der Waals surface area contributed by atoms with Gasteiger partial charge in [-0.2, -0.15) is 0 Å². The molecule has 0 unspecified atom stereocenters. The molecule has 0 atom stereocenters. The van der Waals surface area contributed by atoms with Crippen LogP contribution < -0.4 is 5.32 Å². The van der Waals surface area contributed by atoms with Crippen molar-refractivity contribution < 1.29 is 19.2 Å². The van der Waals surface area contributed by atoms with Gasteiger partial charge in [-0.25, -0.2) is 0 Å². The molecule has 2 rings (SSSR count). The molecule has 0 saturated carbocycles. The molecule has 2 aromatic rings. The van der Waals surface area contributed by atoms with Crippen LogP contribution in [0.3, 0.4) is 0 Å². The molecule has 0 radical (unpaired) electrons. The van der Waals surface area contributed by atoms with Crippen molar-refractivity contribution in [3.63, 3.8) is 0 Å². The smallest absolute Gasteiger partial charge is 0.270 e. The average Bonchev–Trinajstić information content (AvgIpc) is 2.66. The lowest BCUT2D eigenvalue weighted by atomic mass is 10.1. The zero-order valence-electron chi connectivity index (χ0n) is 14.9. The van der Waals surface area contributed by atoms with Crippen LogP contribution >= 0.6 is 22.6 Å². The third-order valence-corrected chi connectivity index (χ3v) is 4.64. The van der Waals surface area contributed by atoms with Crippen molar-refractivity contribution in [2.24, 2.45) is 0 Å². The number of nitro benzene ring substituents is 1. The Hall–Kier alpha value is -2.04. The third-order valence-electron chi connectivity index (χ3n) is 3.69. The lowest BCUT2D eigenvalue weighted by Crippen LogP contribution is -2.23. The van der Waals surface area contributed by atoms with Crippen molar-refractivity contribution >= 4 is 34.2 Å². The van der Waals surface area contributed by atoms with E-state index in [2.05, 4.69) is 5.32 Å². The number of carbonyl (C=O) groups excluding carboxylic acids is 1. The zero-order valence-corrected chi connectivity index (χ0v) is 17.1. The number of non-ortho nitro benzene ring substituents is 1. The molecule has 144 valence electrons. The van der Waals surface area contributed by atoms with Crippen LogP contribution in [0.15, 0.2) is 42.5 Å². The van der Waals surface area contributed by atoms with E-state index in [1.165, 1.54) is 12.1 Å². The van der Waals surface area contributed by atoms with Gasteiger partial charge in [0.05, 0.1) is 30.3 Å². The van der Waals surface area contributed by atoms with Gasteiger partial charge in [-0.1, -0.05) is 24.3 Å². The van der Waals surface area contributed by atoms with Crippen LogP contribution in [0, 0.1) is 13.7 Å². The summed E-state index contributed by atoms with van der Waals surface area (Å²) in [6.07, 6.45) is 0. The van der Waals surface area contributed by atoms with Crippen molar-refractivity contribution in [3.05, 3.63) is 72.8 Å². The summed E-state index contributed by atoms with van der Waals surface area (Å²) in [5.74, 6) is -0.346. The van der Waals surface area contributed by atoms with Gasteiger partial charge in [-0.3, -0.25) is 14.9 Å².